The number of aromatic nitrogens is 1. The van der Waals surface area contributed by atoms with Crippen LogP contribution in [0, 0.1) is 13.8 Å². The van der Waals surface area contributed by atoms with Crippen LogP contribution in [0.1, 0.15) is 21.7 Å². The van der Waals surface area contributed by atoms with E-state index in [9.17, 15) is 13.2 Å². The van der Waals surface area contributed by atoms with Gasteiger partial charge < -0.3 is 15.0 Å². The van der Waals surface area contributed by atoms with Crippen molar-refractivity contribution in [1.82, 2.24) is 9.29 Å². The van der Waals surface area contributed by atoms with E-state index in [0.29, 0.717) is 48.3 Å². The van der Waals surface area contributed by atoms with E-state index in [4.69, 9.17) is 16.3 Å². The number of nitrogens with zero attached hydrogens (tertiary/aromatic N) is 1. The minimum atomic E-state index is -3.69. The van der Waals surface area contributed by atoms with Gasteiger partial charge in [-0.3, -0.25) is 4.79 Å². The van der Waals surface area contributed by atoms with Crippen LogP contribution < -0.4 is 5.32 Å². The molecule has 0 aliphatic carbocycles. The van der Waals surface area contributed by atoms with Crippen LogP contribution in [0.15, 0.2) is 29.2 Å². The van der Waals surface area contributed by atoms with Gasteiger partial charge in [0.05, 0.1) is 13.2 Å². The number of anilines is 1. The fourth-order valence-corrected chi connectivity index (χ4v) is 4.93. The van der Waals surface area contributed by atoms with Crippen molar-refractivity contribution in [1.29, 1.82) is 0 Å². The van der Waals surface area contributed by atoms with Crippen molar-refractivity contribution in [3.8, 4) is 0 Å². The van der Waals surface area contributed by atoms with Gasteiger partial charge in [0.1, 0.15) is 10.6 Å². The average Bonchev–Trinajstić information content (AvgIpc) is 2.93. The summed E-state index contributed by atoms with van der Waals surface area (Å²) < 4.78 is 32.5. The molecule has 1 saturated heterocycles. The minimum Gasteiger partial charge on any atom is -0.379 e. The van der Waals surface area contributed by atoms with E-state index in [1.165, 1.54) is 4.31 Å². The standard InChI is InChI=1S/C17H20ClN3O4S/c1-11-15(17(22)20-14-5-3-13(18)4-6-14)19-12(2)16(11)26(23,24)21-7-9-25-10-8-21/h3-6,19H,7-10H2,1-2H3,(H,20,22). The van der Waals surface area contributed by atoms with E-state index in [1.54, 1.807) is 38.1 Å². The molecule has 0 atom stereocenters. The predicted molar refractivity (Wildman–Crippen MR) is 99.2 cm³/mol. The molecule has 2 heterocycles. The lowest BCUT2D eigenvalue weighted by Gasteiger charge is -2.26. The summed E-state index contributed by atoms with van der Waals surface area (Å²) >= 11 is 5.84. The molecule has 2 aromatic rings. The number of halogens is 1. The Labute approximate surface area is 157 Å². The van der Waals surface area contributed by atoms with Crippen LogP contribution in [0.5, 0.6) is 0 Å². The Kier molecular flexibility index (Phi) is 5.38. The molecule has 3 rings (SSSR count). The lowest BCUT2D eigenvalue weighted by molar-refractivity contribution is 0.0730. The van der Waals surface area contributed by atoms with Crippen LogP contribution in [0.4, 0.5) is 5.69 Å². The first-order valence-corrected chi connectivity index (χ1v) is 9.96. The van der Waals surface area contributed by atoms with Gasteiger partial charge >= 0.3 is 0 Å². The van der Waals surface area contributed by atoms with E-state index >= 15 is 0 Å². The fraction of sp³-hybridized carbons (Fsp3) is 0.353. The van der Waals surface area contributed by atoms with Gasteiger partial charge in [-0.1, -0.05) is 11.6 Å². The van der Waals surface area contributed by atoms with Crippen molar-refractivity contribution in [3.63, 3.8) is 0 Å². The third kappa shape index (κ3) is 3.64. The Morgan fingerprint density at radius 1 is 1.19 bits per heavy atom. The minimum absolute atomic E-state index is 0.153. The molecule has 9 heteroatoms. The lowest BCUT2D eigenvalue weighted by Crippen LogP contribution is -2.40. The van der Waals surface area contributed by atoms with Crippen LogP contribution in [0.25, 0.3) is 0 Å². The smallest absolute Gasteiger partial charge is 0.272 e. The summed E-state index contributed by atoms with van der Waals surface area (Å²) in [6, 6.07) is 6.68. The first-order valence-electron chi connectivity index (χ1n) is 8.14. The number of H-pyrrole nitrogens is 1. The van der Waals surface area contributed by atoms with Crippen LogP contribution in [0.3, 0.4) is 0 Å². The van der Waals surface area contributed by atoms with Crippen LogP contribution in [-0.4, -0.2) is 49.9 Å². The molecule has 1 aromatic heterocycles. The molecular weight excluding hydrogens is 378 g/mol. The molecule has 26 heavy (non-hydrogen) atoms. The number of rotatable bonds is 4. The maximum atomic E-state index is 13.0. The SMILES string of the molecule is Cc1[nH]c(C(=O)Nc2ccc(Cl)cc2)c(C)c1S(=O)(=O)N1CCOCC1. The van der Waals surface area contributed by atoms with Crippen LogP contribution >= 0.6 is 11.6 Å². The number of hydrogen-bond donors (Lipinski definition) is 2. The number of hydrogen-bond acceptors (Lipinski definition) is 4. The molecule has 0 radical (unpaired) electrons. The second-order valence-corrected chi connectivity index (χ2v) is 8.37. The number of carbonyl (C=O) groups is 1. The van der Waals surface area contributed by atoms with E-state index in [-0.39, 0.29) is 10.6 Å². The summed E-state index contributed by atoms with van der Waals surface area (Å²) in [4.78, 5) is 15.7. The number of benzene rings is 1. The molecular formula is C17H20ClN3O4S. The summed E-state index contributed by atoms with van der Waals surface area (Å²) in [5.74, 6) is -0.406. The van der Waals surface area contributed by atoms with Gasteiger partial charge in [0.15, 0.2) is 0 Å². The van der Waals surface area contributed by atoms with Crippen molar-refractivity contribution in [2.24, 2.45) is 0 Å². The van der Waals surface area contributed by atoms with E-state index < -0.39 is 15.9 Å². The Balaban J connectivity index is 1.89. The number of amides is 1. The van der Waals surface area contributed by atoms with Crippen LogP contribution in [-0.2, 0) is 14.8 Å². The van der Waals surface area contributed by atoms with E-state index in [2.05, 4.69) is 10.3 Å². The third-order valence-electron chi connectivity index (χ3n) is 4.27. The molecule has 0 saturated carbocycles. The zero-order chi connectivity index (χ0) is 18.9. The zero-order valence-electron chi connectivity index (χ0n) is 14.5. The van der Waals surface area contributed by atoms with Gasteiger partial charge in [-0.25, -0.2) is 8.42 Å². The number of carbonyl (C=O) groups excluding carboxylic acids is 1. The predicted octanol–water partition coefficient (Wildman–Crippen LogP) is 2.56. The Bertz CT molecular complexity index is 916. The molecule has 1 aromatic carbocycles. The summed E-state index contributed by atoms with van der Waals surface area (Å²) in [5.41, 5.74) is 1.64. The molecule has 140 valence electrons. The number of morpholine rings is 1. The topological polar surface area (TPSA) is 91.5 Å². The first kappa shape index (κ1) is 18.9. The summed E-state index contributed by atoms with van der Waals surface area (Å²) in [7, 11) is -3.69. The van der Waals surface area contributed by atoms with Gasteiger partial charge in [0, 0.05) is 29.5 Å². The zero-order valence-corrected chi connectivity index (χ0v) is 16.1. The normalized spacial score (nSPS) is 15.8. The number of aryl methyl sites for hydroxylation is 1. The molecule has 0 spiro atoms. The second kappa shape index (κ2) is 7.40. The molecule has 0 bridgehead atoms. The van der Waals surface area contributed by atoms with Crippen molar-refractivity contribution in [2.45, 2.75) is 18.7 Å². The molecule has 0 unspecified atom stereocenters. The number of sulfonamides is 1. The molecule has 1 aliphatic heterocycles. The van der Waals surface area contributed by atoms with Gasteiger partial charge in [0.2, 0.25) is 10.0 Å². The van der Waals surface area contributed by atoms with Crippen molar-refractivity contribution < 1.29 is 17.9 Å². The van der Waals surface area contributed by atoms with E-state index in [1.807, 2.05) is 0 Å². The maximum absolute atomic E-state index is 13.0. The van der Waals surface area contributed by atoms with Crippen LogP contribution in [0.2, 0.25) is 5.02 Å². The summed E-state index contributed by atoms with van der Waals surface area (Å²) in [6.45, 7) is 4.63. The Morgan fingerprint density at radius 3 is 2.42 bits per heavy atom. The van der Waals surface area contributed by atoms with Crippen molar-refractivity contribution in [2.75, 3.05) is 31.6 Å². The van der Waals surface area contributed by atoms with Gasteiger partial charge in [-0.2, -0.15) is 4.31 Å². The Morgan fingerprint density at radius 2 is 1.81 bits per heavy atom. The molecule has 1 aliphatic rings. The summed E-state index contributed by atoms with van der Waals surface area (Å²) in [5, 5.41) is 3.30. The molecule has 1 amide bonds. The summed E-state index contributed by atoms with van der Waals surface area (Å²) in [6.07, 6.45) is 0. The van der Waals surface area contributed by atoms with Gasteiger partial charge in [-0.05, 0) is 43.7 Å². The van der Waals surface area contributed by atoms with Gasteiger partial charge in [-0.15, -0.1) is 0 Å². The van der Waals surface area contributed by atoms with Gasteiger partial charge in [0.25, 0.3) is 5.91 Å². The largest absolute Gasteiger partial charge is 0.379 e. The molecule has 7 nitrogen and oxygen atoms in total. The molecule has 2 N–H and O–H groups in total. The second-order valence-electron chi connectivity index (χ2n) is 6.06. The highest BCUT2D eigenvalue weighted by Crippen LogP contribution is 2.27. The van der Waals surface area contributed by atoms with Crippen molar-refractivity contribution >= 4 is 33.2 Å². The monoisotopic (exact) mass is 397 g/mol. The molecule has 1 fully saturated rings. The fourth-order valence-electron chi connectivity index (χ4n) is 2.99. The number of ether oxygens (including phenoxy) is 1. The highest BCUT2D eigenvalue weighted by molar-refractivity contribution is 7.89. The number of nitrogens with one attached hydrogen (secondary N) is 2. The van der Waals surface area contributed by atoms with E-state index in [0.717, 1.165) is 0 Å². The highest BCUT2D eigenvalue weighted by Gasteiger charge is 2.32. The van der Waals surface area contributed by atoms with Crippen molar-refractivity contribution in [3.05, 3.63) is 46.2 Å². The number of aromatic amines is 1. The maximum Gasteiger partial charge on any atom is 0.272 e. The average molecular weight is 398 g/mol. The lowest BCUT2D eigenvalue weighted by atomic mass is 10.2. The Hall–Kier alpha value is -1.87. The first-order chi connectivity index (χ1) is 12.3. The third-order valence-corrected chi connectivity index (χ3v) is 6.69. The highest BCUT2D eigenvalue weighted by atomic mass is 35.5. The quantitative estimate of drug-likeness (QED) is 0.829.